The van der Waals surface area contributed by atoms with Gasteiger partial charge in [-0.25, -0.2) is 4.79 Å². The lowest BCUT2D eigenvalue weighted by atomic mass is 9.60. The van der Waals surface area contributed by atoms with Crippen LogP contribution in [0, 0.1) is 45.3 Å². The first-order valence-electron chi connectivity index (χ1n) is 16.0. The Morgan fingerprint density at radius 1 is 1.02 bits per heavy atom. The van der Waals surface area contributed by atoms with Crippen LogP contribution in [0.3, 0.4) is 0 Å². The molecular formula is C37H50N4O2. The number of hydrogen-bond acceptors (Lipinski definition) is 5. The van der Waals surface area contributed by atoms with Crippen molar-refractivity contribution in [2.75, 3.05) is 13.1 Å². The molecule has 0 bridgehead atoms. The van der Waals surface area contributed by atoms with Gasteiger partial charge in [-0.1, -0.05) is 62.4 Å². The highest BCUT2D eigenvalue weighted by Gasteiger charge is 2.44. The Bertz CT molecular complexity index is 1300. The molecule has 2 aromatic rings. The Balaban J connectivity index is 1.43. The number of likely N-dealkylation sites (tertiary alicyclic amines) is 1. The fourth-order valence-electron chi connectivity index (χ4n) is 7.46. The lowest BCUT2D eigenvalue weighted by molar-refractivity contribution is 0.0191. The van der Waals surface area contributed by atoms with E-state index in [1.807, 2.05) is 26.8 Å². The molecule has 2 aromatic carbocycles. The smallest absolute Gasteiger partial charge is 0.407 e. The third-order valence-electron chi connectivity index (χ3n) is 10.0. The van der Waals surface area contributed by atoms with Crippen LogP contribution in [0.4, 0.5) is 4.79 Å². The average molecular weight is 583 g/mol. The molecule has 1 aliphatic heterocycles. The van der Waals surface area contributed by atoms with Crippen molar-refractivity contribution in [2.24, 2.45) is 22.7 Å². The Kier molecular flexibility index (Phi) is 10.6. The molecule has 6 nitrogen and oxygen atoms in total. The normalized spacial score (nSPS) is 24.7. The van der Waals surface area contributed by atoms with Crippen molar-refractivity contribution in [3.8, 4) is 23.3 Å². The number of rotatable bonds is 9. The zero-order valence-electron chi connectivity index (χ0n) is 26.9. The maximum Gasteiger partial charge on any atom is 0.407 e. The number of amides is 1. The van der Waals surface area contributed by atoms with E-state index in [0.717, 1.165) is 58.2 Å². The molecule has 1 saturated carbocycles. The summed E-state index contributed by atoms with van der Waals surface area (Å²) in [5.41, 5.74) is 3.15. The summed E-state index contributed by atoms with van der Waals surface area (Å²) in [6.45, 7) is 13.0. The van der Waals surface area contributed by atoms with Gasteiger partial charge in [0.1, 0.15) is 5.60 Å². The summed E-state index contributed by atoms with van der Waals surface area (Å²) >= 11 is 0. The number of carbonyl (C=O) groups excluding carboxylic acids is 1. The Morgan fingerprint density at radius 2 is 1.70 bits per heavy atom. The van der Waals surface area contributed by atoms with Crippen LogP contribution in [0.2, 0.25) is 0 Å². The van der Waals surface area contributed by atoms with Gasteiger partial charge in [0, 0.05) is 25.4 Å². The fraction of sp³-hybridized carbons (Fsp3) is 0.595. The Morgan fingerprint density at radius 3 is 2.35 bits per heavy atom. The molecule has 43 heavy (non-hydrogen) atoms. The van der Waals surface area contributed by atoms with Gasteiger partial charge in [-0.2, -0.15) is 10.5 Å². The second kappa shape index (κ2) is 14.0. The molecule has 1 N–H and O–H groups in total. The van der Waals surface area contributed by atoms with Crippen molar-refractivity contribution in [2.45, 2.75) is 104 Å². The van der Waals surface area contributed by atoms with E-state index in [1.54, 1.807) is 0 Å². The molecule has 230 valence electrons. The van der Waals surface area contributed by atoms with Gasteiger partial charge in [-0.05, 0) is 118 Å². The van der Waals surface area contributed by atoms with Gasteiger partial charge in [0.25, 0.3) is 0 Å². The van der Waals surface area contributed by atoms with Gasteiger partial charge in [0.15, 0.2) is 0 Å². The molecule has 1 heterocycles. The molecule has 0 aromatic heterocycles. The number of alkyl carbamates (subject to hydrolysis) is 1. The lowest BCUT2D eigenvalue weighted by Gasteiger charge is -2.48. The third-order valence-corrected chi connectivity index (χ3v) is 10.0. The molecule has 6 heteroatoms. The summed E-state index contributed by atoms with van der Waals surface area (Å²) in [6, 6.07) is 24.3. The molecule has 4 rings (SSSR count). The first-order valence-corrected chi connectivity index (χ1v) is 16.0. The van der Waals surface area contributed by atoms with Crippen molar-refractivity contribution >= 4 is 6.09 Å². The maximum absolute atomic E-state index is 12.8. The largest absolute Gasteiger partial charge is 0.444 e. The van der Waals surface area contributed by atoms with E-state index in [1.165, 1.54) is 16.7 Å². The van der Waals surface area contributed by atoms with E-state index in [-0.39, 0.29) is 28.9 Å². The summed E-state index contributed by atoms with van der Waals surface area (Å²) in [4.78, 5) is 15.3. The number of benzene rings is 2. The van der Waals surface area contributed by atoms with Crippen molar-refractivity contribution in [3.63, 3.8) is 0 Å². The highest BCUT2D eigenvalue weighted by molar-refractivity contribution is 5.68. The van der Waals surface area contributed by atoms with Gasteiger partial charge in [0.05, 0.1) is 12.1 Å². The van der Waals surface area contributed by atoms with Crippen LogP contribution in [-0.4, -0.2) is 35.7 Å². The number of nitriles is 2. The van der Waals surface area contributed by atoms with E-state index in [0.29, 0.717) is 18.8 Å². The van der Waals surface area contributed by atoms with Crippen molar-refractivity contribution in [1.29, 1.82) is 10.5 Å². The summed E-state index contributed by atoms with van der Waals surface area (Å²) < 4.78 is 5.61. The van der Waals surface area contributed by atoms with Crippen LogP contribution in [0.25, 0.3) is 11.1 Å². The maximum atomic E-state index is 12.8. The van der Waals surface area contributed by atoms with Gasteiger partial charge < -0.3 is 10.1 Å². The van der Waals surface area contributed by atoms with E-state index < -0.39 is 5.60 Å². The quantitative estimate of drug-likeness (QED) is 0.320. The molecule has 1 amide bonds. The van der Waals surface area contributed by atoms with Crippen LogP contribution in [0.15, 0.2) is 54.6 Å². The van der Waals surface area contributed by atoms with Gasteiger partial charge >= 0.3 is 6.09 Å². The second-order valence-electron chi connectivity index (χ2n) is 14.6. The minimum absolute atomic E-state index is 0.0141. The van der Waals surface area contributed by atoms with E-state index in [9.17, 15) is 15.3 Å². The third kappa shape index (κ3) is 8.84. The summed E-state index contributed by atoms with van der Waals surface area (Å²) in [6.07, 6.45) is 6.29. The first-order chi connectivity index (χ1) is 20.4. The number of ether oxygens (including phenoxy) is 1. The van der Waals surface area contributed by atoms with Crippen LogP contribution in [0.1, 0.15) is 91.5 Å². The highest BCUT2D eigenvalue weighted by Crippen LogP contribution is 2.49. The van der Waals surface area contributed by atoms with Gasteiger partial charge in [-0.15, -0.1) is 0 Å². The standard InChI is InChI=1S/C37H50N4O2/c1-28(24-32-26-36(5,16-20-38)15-14-33(32)40-34(42)43-35(2,3)4)37(17-21-39)18-22-41(23-19-37)27-29-10-9-13-31(25-29)30-11-7-6-8-12-30/h6-13,25,28,32-33H,14-19,22-24,26-27H2,1-5H3,(H,40,42)/t28?,32?,33-,36+/m0/s1. The number of piperidine rings is 1. The average Bonchev–Trinajstić information content (AvgIpc) is 2.95. The molecule has 1 saturated heterocycles. The molecule has 0 radical (unpaired) electrons. The Labute approximate surface area is 259 Å². The first kappa shape index (κ1) is 32.6. The monoisotopic (exact) mass is 582 g/mol. The summed E-state index contributed by atoms with van der Waals surface area (Å²) in [7, 11) is 0. The lowest BCUT2D eigenvalue weighted by Crippen LogP contribution is -2.49. The fourth-order valence-corrected chi connectivity index (χ4v) is 7.46. The molecule has 2 fully saturated rings. The number of carbonyl (C=O) groups is 1. The van der Waals surface area contributed by atoms with Crippen molar-refractivity contribution in [3.05, 3.63) is 60.2 Å². The summed E-state index contributed by atoms with van der Waals surface area (Å²) in [5, 5.41) is 22.7. The second-order valence-corrected chi connectivity index (χ2v) is 14.6. The minimum Gasteiger partial charge on any atom is -0.444 e. The van der Waals surface area contributed by atoms with E-state index in [2.05, 4.69) is 84.7 Å². The van der Waals surface area contributed by atoms with Crippen LogP contribution >= 0.6 is 0 Å². The van der Waals surface area contributed by atoms with Gasteiger partial charge in [0.2, 0.25) is 0 Å². The predicted molar refractivity (Wildman–Crippen MR) is 172 cm³/mol. The molecule has 1 aliphatic carbocycles. The number of nitrogens with one attached hydrogen (secondary N) is 1. The molecular weight excluding hydrogens is 532 g/mol. The zero-order chi connectivity index (χ0) is 31.1. The van der Waals surface area contributed by atoms with Crippen LogP contribution in [0.5, 0.6) is 0 Å². The topological polar surface area (TPSA) is 89.1 Å². The minimum atomic E-state index is -0.551. The summed E-state index contributed by atoms with van der Waals surface area (Å²) in [5.74, 6) is 0.567. The Hall–Kier alpha value is -3.35. The van der Waals surface area contributed by atoms with Gasteiger partial charge in [-0.3, -0.25) is 4.90 Å². The molecule has 0 spiro atoms. The van der Waals surface area contributed by atoms with Crippen LogP contribution < -0.4 is 5.32 Å². The number of hydrogen-bond donors (Lipinski definition) is 1. The predicted octanol–water partition coefficient (Wildman–Crippen LogP) is 8.49. The zero-order valence-corrected chi connectivity index (χ0v) is 26.9. The van der Waals surface area contributed by atoms with Crippen molar-refractivity contribution < 1.29 is 9.53 Å². The van der Waals surface area contributed by atoms with Crippen LogP contribution in [-0.2, 0) is 11.3 Å². The van der Waals surface area contributed by atoms with Crippen molar-refractivity contribution in [1.82, 2.24) is 10.2 Å². The molecule has 2 unspecified atom stereocenters. The SMILES string of the molecule is CC(CC1C[C@@](C)(CC#N)CC[C@@H]1NC(=O)OC(C)(C)C)C1(CC#N)CCN(Cc2cccc(-c3ccccc3)c2)CC1. The van der Waals surface area contributed by atoms with E-state index >= 15 is 0 Å². The highest BCUT2D eigenvalue weighted by atomic mass is 16.6. The molecule has 4 atom stereocenters. The number of nitrogens with zero attached hydrogens (tertiary/aromatic N) is 3. The molecule has 2 aliphatic rings. The van der Waals surface area contributed by atoms with E-state index in [4.69, 9.17) is 4.74 Å².